The number of hydrogen-bond acceptors (Lipinski definition) is 10. The molecule has 0 bridgehead atoms. The average molecular weight is 557 g/mol. The van der Waals surface area contributed by atoms with Gasteiger partial charge in [0.05, 0.1) is 13.7 Å². The minimum Gasteiger partial charge on any atom is -0.438 e. The Hall–Kier alpha value is -2.12. The Bertz CT molecular complexity index is 622. The summed E-state index contributed by atoms with van der Waals surface area (Å²) in [5.74, 6) is 0. The molecule has 0 spiro atoms. The van der Waals surface area contributed by atoms with Gasteiger partial charge in [0.2, 0.25) is 6.08 Å². The van der Waals surface area contributed by atoms with E-state index in [4.69, 9.17) is 51.5 Å². The zero-order chi connectivity index (χ0) is 27.0. The summed E-state index contributed by atoms with van der Waals surface area (Å²) < 4.78 is 10.5. The molecule has 4 N–H and O–H groups in total. The van der Waals surface area contributed by atoms with Crippen LogP contribution in [0.3, 0.4) is 0 Å². The number of ether oxygens (including phenoxy) is 3. The molecule has 1 aromatic rings. The molecule has 35 heavy (non-hydrogen) atoms. The first kappa shape index (κ1) is 37.4. The minimum atomic E-state index is -2.03. The molecule has 0 atom stereocenters. The summed E-state index contributed by atoms with van der Waals surface area (Å²) in [6, 6.07) is 5.72. The number of hydrogen-bond donors (Lipinski definition) is 2. The topological polar surface area (TPSA) is 163 Å². The number of carbonyl (C=O) groups excluding carboxylic acids is 2. The van der Waals surface area contributed by atoms with Crippen LogP contribution in [0.4, 0.5) is 4.79 Å². The van der Waals surface area contributed by atoms with Crippen molar-refractivity contribution in [1.29, 1.82) is 5.26 Å². The third kappa shape index (κ3) is 46.0. The summed E-state index contributed by atoms with van der Waals surface area (Å²) in [7, 11) is 1.11. The van der Waals surface area contributed by atoms with Crippen LogP contribution in [0, 0.1) is 11.5 Å². The number of unbranched alkanes of at least 4 members (excludes halogenated alkanes) is 6. The molecule has 0 aliphatic heterocycles. The van der Waals surface area contributed by atoms with Gasteiger partial charge in [-0.05, 0) is 92.1 Å². The molecular formula is C22H36Cl3N5O5. The lowest BCUT2D eigenvalue weighted by Crippen LogP contribution is -2.15. The van der Waals surface area contributed by atoms with Crippen LogP contribution < -0.4 is 11.5 Å². The lowest BCUT2D eigenvalue weighted by molar-refractivity contribution is 0.0704. The van der Waals surface area contributed by atoms with E-state index in [0.29, 0.717) is 13.2 Å². The van der Waals surface area contributed by atoms with E-state index in [0.717, 1.165) is 58.7 Å². The van der Waals surface area contributed by atoms with E-state index in [2.05, 4.69) is 24.2 Å². The first-order valence-corrected chi connectivity index (χ1v) is 12.1. The largest absolute Gasteiger partial charge is 0.511 e. The zero-order valence-corrected chi connectivity index (χ0v) is 22.3. The fraction of sp³-hybridized carbons (Fsp3) is 0.636. The lowest BCUT2D eigenvalue weighted by atomic mass is 10.2. The predicted octanol–water partition coefficient (Wildman–Crippen LogP) is 5.02. The van der Waals surface area contributed by atoms with Gasteiger partial charge in [0, 0.05) is 12.4 Å². The maximum Gasteiger partial charge on any atom is 0.511 e. The van der Waals surface area contributed by atoms with Gasteiger partial charge in [0.15, 0.2) is 0 Å². The minimum absolute atomic E-state index is 0.494. The van der Waals surface area contributed by atoms with Gasteiger partial charge in [0.25, 0.3) is 6.26 Å². The molecule has 0 radical (unpaired) electrons. The number of rotatable bonds is 12. The van der Waals surface area contributed by atoms with E-state index >= 15 is 0 Å². The third-order valence-corrected chi connectivity index (χ3v) is 3.72. The van der Waals surface area contributed by atoms with Gasteiger partial charge in [-0.25, -0.2) is 14.6 Å². The Balaban J connectivity index is -0.000000401. The normalized spacial score (nSPS) is 9.17. The molecule has 0 aliphatic rings. The number of pyridine rings is 1. The molecule has 0 aromatic carbocycles. The van der Waals surface area contributed by atoms with Crippen LogP contribution in [0.5, 0.6) is 0 Å². The molecule has 0 fully saturated rings. The van der Waals surface area contributed by atoms with E-state index in [1.807, 2.05) is 18.2 Å². The number of isocyanates is 1. The van der Waals surface area contributed by atoms with Crippen molar-refractivity contribution < 1.29 is 23.8 Å². The van der Waals surface area contributed by atoms with Crippen molar-refractivity contribution in [2.24, 2.45) is 16.5 Å². The Labute approximate surface area is 222 Å². The van der Waals surface area contributed by atoms with Crippen LogP contribution in [0.15, 0.2) is 35.6 Å². The number of carbonyl (C=O) groups is 1. The SMILES string of the molecule is COC(=O)OC(Cl)(Cl)Cl.N#COCCCCCCN=C=O.NCCCCCCN.c1ccncc1. The molecule has 0 aliphatic carbocycles. The number of nitriles is 1. The summed E-state index contributed by atoms with van der Waals surface area (Å²) >= 11 is 15.0. The number of nitrogens with two attached hydrogens (primary N) is 2. The van der Waals surface area contributed by atoms with Crippen LogP contribution in [0.1, 0.15) is 51.4 Å². The van der Waals surface area contributed by atoms with Gasteiger partial charge in [-0.15, -0.1) is 0 Å². The zero-order valence-electron chi connectivity index (χ0n) is 20.0. The van der Waals surface area contributed by atoms with Gasteiger partial charge in [-0.3, -0.25) is 4.98 Å². The molecule has 10 nitrogen and oxygen atoms in total. The maximum atomic E-state index is 10.1. The highest BCUT2D eigenvalue weighted by Gasteiger charge is 2.25. The lowest BCUT2D eigenvalue weighted by Gasteiger charge is -2.09. The summed E-state index contributed by atoms with van der Waals surface area (Å²) in [5, 5.41) is 8.01. The number of aliphatic imine (C=N–C) groups is 1. The van der Waals surface area contributed by atoms with Crippen molar-refractivity contribution in [2.45, 2.75) is 55.3 Å². The highest BCUT2D eigenvalue weighted by Crippen LogP contribution is 2.27. The van der Waals surface area contributed by atoms with E-state index in [1.165, 1.54) is 18.9 Å². The highest BCUT2D eigenvalue weighted by atomic mass is 35.6. The van der Waals surface area contributed by atoms with E-state index < -0.39 is 10.1 Å². The number of alkyl halides is 3. The highest BCUT2D eigenvalue weighted by molar-refractivity contribution is 6.66. The van der Waals surface area contributed by atoms with E-state index in [9.17, 15) is 9.59 Å². The molecule has 0 amide bonds. The quantitative estimate of drug-likeness (QED) is 0.0897. The van der Waals surface area contributed by atoms with Gasteiger partial charge in [-0.2, -0.15) is 5.26 Å². The Morgan fingerprint density at radius 1 is 0.971 bits per heavy atom. The van der Waals surface area contributed by atoms with Crippen molar-refractivity contribution in [1.82, 2.24) is 4.98 Å². The Kier molecular flexibility index (Phi) is 34.1. The van der Waals surface area contributed by atoms with Gasteiger partial charge < -0.3 is 25.7 Å². The standard InChI is InChI=1S/C8H12N2O2.C6H16N2.C5H5N.C3H3Cl3O3/c9-7-12-6-4-2-1-3-5-10-8-11;7-5-3-1-2-4-6-8;1-2-4-6-5-3-1;1-8-2(7)9-3(4,5)6/h1-6H2;1-8H2;1-5H;1H3. The molecule has 0 unspecified atom stereocenters. The molecule has 1 aromatic heterocycles. The van der Waals surface area contributed by atoms with Crippen molar-refractivity contribution in [3.8, 4) is 6.26 Å². The van der Waals surface area contributed by atoms with E-state index in [1.54, 1.807) is 18.6 Å². The van der Waals surface area contributed by atoms with Crippen molar-refractivity contribution >= 4 is 47.0 Å². The van der Waals surface area contributed by atoms with Crippen molar-refractivity contribution in [3.63, 3.8) is 0 Å². The molecule has 1 heterocycles. The molecule has 0 saturated heterocycles. The van der Waals surface area contributed by atoms with Crippen molar-refractivity contribution in [2.75, 3.05) is 33.4 Å². The second kappa shape index (κ2) is 31.9. The smallest absolute Gasteiger partial charge is 0.438 e. The summed E-state index contributed by atoms with van der Waals surface area (Å²) in [6.07, 6.45) is 14.2. The van der Waals surface area contributed by atoms with Crippen LogP contribution in [0.2, 0.25) is 0 Å². The number of halogens is 3. The molecule has 0 saturated carbocycles. The molecule has 13 heteroatoms. The predicted molar refractivity (Wildman–Crippen MR) is 138 cm³/mol. The van der Waals surface area contributed by atoms with E-state index in [-0.39, 0.29) is 0 Å². The number of methoxy groups -OCH3 is 1. The summed E-state index contributed by atoms with van der Waals surface area (Å²) in [5.41, 5.74) is 10.6. The fourth-order valence-corrected chi connectivity index (χ4v) is 2.09. The van der Waals surface area contributed by atoms with Gasteiger partial charge in [-0.1, -0.05) is 25.3 Å². The van der Waals surface area contributed by atoms with Gasteiger partial charge >= 0.3 is 10.1 Å². The molecule has 200 valence electrons. The fourth-order valence-electron chi connectivity index (χ4n) is 1.90. The second-order valence-electron chi connectivity index (χ2n) is 6.35. The first-order valence-electron chi connectivity index (χ1n) is 10.9. The number of aromatic nitrogens is 1. The molecular weight excluding hydrogens is 521 g/mol. The van der Waals surface area contributed by atoms with Crippen LogP contribution in [0.25, 0.3) is 0 Å². The summed E-state index contributed by atoms with van der Waals surface area (Å²) in [4.78, 5) is 27.0. The third-order valence-electron chi connectivity index (χ3n) is 3.49. The van der Waals surface area contributed by atoms with Crippen LogP contribution in [-0.2, 0) is 19.0 Å². The van der Waals surface area contributed by atoms with Crippen molar-refractivity contribution in [3.05, 3.63) is 30.6 Å². The Morgan fingerprint density at radius 2 is 1.51 bits per heavy atom. The monoisotopic (exact) mass is 555 g/mol. The van der Waals surface area contributed by atoms with Crippen LogP contribution in [-0.4, -0.2) is 54.5 Å². The van der Waals surface area contributed by atoms with Gasteiger partial charge in [0.1, 0.15) is 6.61 Å². The average Bonchev–Trinajstić information content (AvgIpc) is 2.85. The summed E-state index contributed by atoms with van der Waals surface area (Å²) in [6.45, 7) is 2.70. The van der Waals surface area contributed by atoms with Crippen LogP contribution >= 0.6 is 34.8 Å². The Morgan fingerprint density at radius 3 is 1.86 bits per heavy atom. The first-order chi connectivity index (χ1) is 16.8. The number of nitrogens with zero attached hydrogens (tertiary/aromatic N) is 3. The second-order valence-corrected chi connectivity index (χ2v) is 8.52. The maximum absolute atomic E-state index is 10.1. The molecule has 1 rings (SSSR count).